The lowest BCUT2D eigenvalue weighted by molar-refractivity contribution is 0.122. The van der Waals surface area contributed by atoms with Gasteiger partial charge in [0.2, 0.25) is 0 Å². The summed E-state index contributed by atoms with van der Waals surface area (Å²) in [6.45, 7) is 8.49. The number of halogens is 1. The lowest BCUT2D eigenvalue weighted by atomic mass is 10.1. The summed E-state index contributed by atoms with van der Waals surface area (Å²) in [6, 6.07) is 8.47. The van der Waals surface area contributed by atoms with Gasteiger partial charge in [0.05, 0.1) is 25.9 Å². The van der Waals surface area contributed by atoms with Gasteiger partial charge in [0, 0.05) is 38.4 Å². The lowest BCUT2D eigenvalue weighted by Crippen LogP contribution is -2.40. The van der Waals surface area contributed by atoms with Crippen molar-refractivity contribution in [3.05, 3.63) is 29.8 Å². The van der Waals surface area contributed by atoms with Crippen molar-refractivity contribution in [2.75, 3.05) is 50.8 Å². The topological polar surface area (TPSA) is 60.3 Å². The van der Waals surface area contributed by atoms with Gasteiger partial charge >= 0.3 is 0 Å². The van der Waals surface area contributed by atoms with E-state index in [2.05, 4.69) is 46.3 Å². The number of aliphatic hydroxyl groups excluding tert-OH is 1. The van der Waals surface area contributed by atoms with Gasteiger partial charge in [0.15, 0.2) is 5.96 Å². The summed E-state index contributed by atoms with van der Waals surface area (Å²) in [5.74, 6) is 0.894. The van der Waals surface area contributed by atoms with Crippen LogP contribution in [0.4, 0.5) is 5.69 Å². The van der Waals surface area contributed by atoms with Crippen LogP contribution < -0.4 is 10.2 Å². The average Bonchev–Trinajstić information content (AvgIpc) is 3.06. The van der Waals surface area contributed by atoms with Crippen LogP contribution in [0.25, 0.3) is 0 Å². The van der Waals surface area contributed by atoms with Gasteiger partial charge in [-0.25, -0.2) is 4.99 Å². The number of anilines is 1. The average molecular weight is 460 g/mol. The Morgan fingerprint density at radius 1 is 1.28 bits per heavy atom. The number of nitrogens with one attached hydrogen (secondary N) is 1. The summed E-state index contributed by atoms with van der Waals surface area (Å²) in [7, 11) is 0. The first-order chi connectivity index (χ1) is 11.8. The maximum Gasteiger partial charge on any atom is 0.194 e. The van der Waals surface area contributed by atoms with Crippen molar-refractivity contribution in [3.8, 4) is 0 Å². The number of morpholine rings is 1. The number of β-amino-alcohol motifs (C(OH)–C–C–N with tert-alkyl or cyclic N) is 1. The molecule has 0 aliphatic carbocycles. The van der Waals surface area contributed by atoms with Crippen LogP contribution in [0, 0.1) is 0 Å². The third kappa shape index (κ3) is 5.46. The van der Waals surface area contributed by atoms with Crippen molar-refractivity contribution in [2.24, 2.45) is 4.99 Å². The summed E-state index contributed by atoms with van der Waals surface area (Å²) in [5.41, 5.74) is 2.48. The molecule has 6 nitrogen and oxygen atoms in total. The zero-order chi connectivity index (χ0) is 16.8. The van der Waals surface area contributed by atoms with Crippen LogP contribution in [0.1, 0.15) is 18.9 Å². The number of para-hydroxylation sites is 1. The van der Waals surface area contributed by atoms with Gasteiger partial charge in [-0.05, 0) is 25.0 Å². The second kappa shape index (κ2) is 10.2. The Morgan fingerprint density at radius 2 is 2.04 bits per heavy atom. The fraction of sp³-hybridized carbons (Fsp3) is 0.611. The Balaban J connectivity index is 0.00000225. The van der Waals surface area contributed by atoms with E-state index >= 15 is 0 Å². The third-order valence-corrected chi connectivity index (χ3v) is 4.54. The summed E-state index contributed by atoms with van der Waals surface area (Å²) < 4.78 is 5.46. The van der Waals surface area contributed by atoms with E-state index < -0.39 is 0 Å². The van der Waals surface area contributed by atoms with Crippen molar-refractivity contribution in [1.29, 1.82) is 0 Å². The van der Waals surface area contributed by atoms with Gasteiger partial charge in [-0.2, -0.15) is 0 Å². The van der Waals surface area contributed by atoms with Gasteiger partial charge in [-0.1, -0.05) is 18.2 Å². The standard InChI is InChI=1S/C18H28N4O2.HI/c1-2-19-18(22-8-7-16(23)14-22)20-13-15-5-3-4-6-17(15)21-9-11-24-12-10-21;/h3-6,16,23H,2,7-14H2,1H3,(H,19,20);1H/t16-;/m1./s1. The largest absolute Gasteiger partial charge is 0.391 e. The van der Waals surface area contributed by atoms with Gasteiger partial charge < -0.3 is 25.0 Å². The van der Waals surface area contributed by atoms with Crippen molar-refractivity contribution in [1.82, 2.24) is 10.2 Å². The highest BCUT2D eigenvalue weighted by Gasteiger charge is 2.23. The smallest absolute Gasteiger partial charge is 0.194 e. The zero-order valence-electron chi connectivity index (χ0n) is 14.9. The number of likely N-dealkylation sites (tertiary alicyclic amines) is 1. The van der Waals surface area contributed by atoms with Gasteiger partial charge in [0.25, 0.3) is 0 Å². The molecule has 2 saturated heterocycles. The van der Waals surface area contributed by atoms with Crippen LogP contribution in [0.3, 0.4) is 0 Å². The fourth-order valence-corrected chi connectivity index (χ4v) is 3.28. The number of aliphatic imine (C=N–C) groups is 1. The minimum atomic E-state index is -0.241. The number of guanidine groups is 1. The molecule has 2 heterocycles. The highest BCUT2D eigenvalue weighted by Crippen LogP contribution is 2.22. The molecule has 0 amide bonds. The number of rotatable bonds is 4. The highest BCUT2D eigenvalue weighted by molar-refractivity contribution is 14.0. The fourth-order valence-electron chi connectivity index (χ4n) is 3.28. The zero-order valence-corrected chi connectivity index (χ0v) is 17.2. The summed E-state index contributed by atoms with van der Waals surface area (Å²) in [6.07, 6.45) is 0.573. The van der Waals surface area contributed by atoms with Crippen LogP contribution >= 0.6 is 24.0 Å². The molecule has 7 heteroatoms. The van der Waals surface area contributed by atoms with E-state index in [1.807, 2.05) is 0 Å². The second-order valence-electron chi connectivity index (χ2n) is 6.29. The maximum atomic E-state index is 9.77. The van der Waals surface area contributed by atoms with Gasteiger partial charge in [-0.3, -0.25) is 0 Å². The van der Waals surface area contributed by atoms with Crippen LogP contribution in [-0.4, -0.2) is 68.0 Å². The Morgan fingerprint density at radius 3 is 2.72 bits per heavy atom. The Kier molecular flexibility index (Phi) is 8.25. The minimum absolute atomic E-state index is 0. The maximum absolute atomic E-state index is 9.77. The molecule has 1 aromatic rings. The first-order valence-electron chi connectivity index (χ1n) is 8.90. The predicted octanol–water partition coefficient (Wildman–Crippen LogP) is 1.67. The van der Waals surface area contributed by atoms with Gasteiger partial charge in [0.1, 0.15) is 0 Å². The molecule has 3 rings (SSSR count). The number of ether oxygens (including phenoxy) is 1. The molecule has 25 heavy (non-hydrogen) atoms. The lowest BCUT2D eigenvalue weighted by Gasteiger charge is -2.30. The molecule has 2 N–H and O–H groups in total. The molecule has 0 spiro atoms. The predicted molar refractivity (Wildman–Crippen MR) is 112 cm³/mol. The van der Waals surface area contributed by atoms with Crippen LogP contribution in [-0.2, 0) is 11.3 Å². The number of aliphatic hydroxyl groups is 1. The SMILES string of the molecule is CCNC(=NCc1ccccc1N1CCOCC1)N1CC[C@@H](O)C1.I. The molecule has 2 fully saturated rings. The minimum Gasteiger partial charge on any atom is -0.391 e. The van der Waals surface area contributed by atoms with E-state index in [-0.39, 0.29) is 30.1 Å². The number of nitrogens with zero attached hydrogens (tertiary/aromatic N) is 3. The van der Waals surface area contributed by atoms with E-state index in [9.17, 15) is 5.11 Å². The first-order valence-corrected chi connectivity index (χ1v) is 8.90. The molecule has 1 aromatic carbocycles. The highest BCUT2D eigenvalue weighted by atomic mass is 127. The first kappa shape index (κ1) is 20.3. The van der Waals surface area contributed by atoms with Crippen LogP contribution in [0.2, 0.25) is 0 Å². The molecule has 2 aliphatic heterocycles. The van der Waals surface area contributed by atoms with Crippen molar-refractivity contribution >= 4 is 35.6 Å². The van der Waals surface area contributed by atoms with Crippen molar-refractivity contribution in [2.45, 2.75) is 26.0 Å². The molecule has 0 aromatic heterocycles. The second-order valence-corrected chi connectivity index (χ2v) is 6.29. The number of hydrogen-bond donors (Lipinski definition) is 2. The van der Waals surface area contributed by atoms with Gasteiger partial charge in [-0.15, -0.1) is 24.0 Å². The quantitative estimate of drug-likeness (QED) is 0.407. The Bertz CT molecular complexity index is 564. The van der Waals surface area contributed by atoms with E-state index in [0.717, 1.165) is 51.8 Å². The molecule has 0 saturated carbocycles. The molecular formula is C18H29IN4O2. The molecule has 1 atom stereocenters. The summed E-state index contributed by atoms with van der Waals surface area (Å²) in [4.78, 5) is 9.34. The van der Waals surface area contributed by atoms with Crippen LogP contribution in [0.5, 0.6) is 0 Å². The van der Waals surface area contributed by atoms with E-state index in [1.54, 1.807) is 0 Å². The number of benzene rings is 1. The Labute approximate surface area is 167 Å². The molecule has 0 radical (unpaired) electrons. The molecule has 0 unspecified atom stereocenters. The molecule has 2 aliphatic rings. The van der Waals surface area contributed by atoms with E-state index in [4.69, 9.17) is 9.73 Å². The number of hydrogen-bond acceptors (Lipinski definition) is 4. The molecule has 140 valence electrons. The summed E-state index contributed by atoms with van der Waals surface area (Å²) in [5, 5.41) is 13.1. The monoisotopic (exact) mass is 460 g/mol. The third-order valence-electron chi connectivity index (χ3n) is 4.54. The molecule has 0 bridgehead atoms. The van der Waals surface area contributed by atoms with E-state index in [0.29, 0.717) is 13.1 Å². The van der Waals surface area contributed by atoms with Crippen molar-refractivity contribution < 1.29 is 9.84 Å². The van der Waals surface area contributed by atoms with E-state index in [1.165, 1.54) is 11.3 Å². The normalized spacial score (nSPS) is 21.2. The van der Waals surface area contributed by atoms with Crippen LogP contribution in [0.15, 0.2) is 29.3 Å². The Hall–Kier alpha value is -1.06. The van der Waals surface area contributed by atoms with Crippen molar-refractivity contribution in [3.63, 3.8) is 0 Å². The molecular weight excluding hydrogens is 431 g/mol. The summed E-state index contributed by atoms with van der Waals surface area (Å²) >= 11 is 0.